The van der Waals surface area contributed by atoms with E-state index in [9.17, 15) is 0 Å². The van der Waals surface area contributed by atoms with Gasteiger partial charge in [-0.1, -0.05) is 25.0 Å². The number of nitrogens with zero attached hydrogens (tertiary/aromatic N) is 2. The lowest BCUT2D eigenvalue weighted by molar-refractivity contribution is 0.147. The van der Waals surface area contributed by atoms with Gasteiger partial charge in [0.1, 0.15) is 0 Å². The molecule has 0 spiro atoms. The van der Waals surface area contributed by atoms with Crippen LogP contribution in [0.1, 0.15) is 77.0 Å². The molecule has 3 fully saturated rings. The number of allylic oxidation sites excluding steroid dienone is 2. The predicted octanol–water partition coefficient (Wildman–Crippen LogP) is 5.09. The molecule has 0 aliphatic carbocycles. The van der Waals surface area contributed by atoms with Crippen LogP contribution in [0.3, 0.4) is 0 Å². The monoisotopic (exact) mass is 362 g/mol. The summed E-state index contributed by atoms with van der Waals surface area (Å²) in [6.07, 6.45) is 22.0. The fraction of sp³-hybridized carbons (Fsp3) is 0.909. The molecule has 0 saturated carbocycles. The van der Waals surface area contributed by atoms with E-state index in [2.05, 4.69) is 33.7 Å². The molecule has 4 atom stereocenters. The van der Waals surface area contributed by atoms with E-state index in [0.717, 1.165) is 22.6 Å². The lowest BCUT2D eigenvalue weighted by atomic mass is 9.94. The molecule has 0 N–H and O–H groups in total. The van der Waals surface area contributed by atoms with Crippen molar-refractivity contribution in [3.8, 4) is 0 Å². The Morgan fingerprint density at radius 2 is 1.00 bits per heavy atom. The standard InChI is InChI=1S/C22H38N2S/c1-2-6-12-20(24-17-9-4-10-18-24)22-14-13-21(25-22)19(11-5-1)23-15-7-3-8-16-23/h1-2,19-22H,3-18H2. The molecule has 3 heteroatoms. The first-order valence-corrected chi connectivity index (χ1v) is 12.1. The van der Waals surface area contributed by atoms with Gasteiger partial charge >= 0.3 is 0 Å². The van der Waals surface area contributed by atoms with Crippen LogP contribution in [0.15, 0.2) is 12.2 Å². The molecule has 4 aliphatic heterocycles. The molecule has 2 bridgehead atoms. The maximum absolute atomic E-state index is 2.88. The van der Waals surface area contributed by atoms with Crippen molar-refractivity contribution in [1.82, 2.24) is 9.80 Å². The lowest BCUT2D eigenvalue weighted by Crippen LogP contribution is -2.45. The molecule has 142 valence electrons. The molecule has 4 rings (SSSR count). The highest BCUT2D eigenvalue weighted by atomic mass is 32.2. The van der Waals surface area contributed by atoms with Crippen LogP contribution in [0, 0.1) is 0 Å². The van der Waals surface area contributed by atoms with Crippen LogP contribution in [0.25, 0.3) is 0 Å². The molecule has 3 saturated heterocycles. The molecule has 4 heterocycles. The Kier molecular flexibility index (Phi) is 6.82. The van der Waals surface area contributed by atoms with E-state index in [1.807, 2.05) is 0 Å². The van der Waals surface area contributed by atoms with Crippen LogP contribution in [-0.4, -0.2) is 58.6 Å². The minimum absolute atomic E-state index is 0.847. The van der Waals surface area contributed by atoms with Gasteiger partial charge < -0.3 is 0 Å². The molecule has 0 aromatic carbocycles. The zero-order valence-corrected chi connectivity index (χ0v) is 16.9. The van der Waals surface area contributed by atoms with E-state index < -0.39 is 0 Å². The van der Waals surface area contributed by atoms with Crippen LogP contribution in [0.2, 0.25) is 0 Å². The van der Waals surface area contributed by atoms with E-state index in [0.29, 0.717) is 0 Å². The van der Waals surface area contributed by atoms with Crippen molar-refractivity contribution >= 4 is 11.8 Å². The maximum Gasteiger partial charge on any atom is 0.0217 e. The Morgan fingerprint density at radius 3 is 1.44 bits per heavy atom. The first kappa shape index (κ1) is 18.4. The number of hydrogen-bond acceptors (Lipinski definition) is 3. The first-order valence-electron chi connectivity index (χ1n) is 11.2. The molecule has 4 aliphatic rings. The zero-order chi connectivity index (χ0) is 16.9. The summed E-state index contributed by atoms with van der Waals surface area (Å²) in [4.78, 5) is 5.76. The highest BCUT2D eigenvalue weighted by Crippen LogP contribution is 2.43. The SMILES string of the molecule is C1=CCCC(N2CCCCC2)C2CCC(S2)C(N2CCCCC2)CC1. The Morgan fingerprint density at radius 1 is 0.560 bits per heavy atom. The molecular formula is C22H38N2S. The third-order valence-corrected chi connectivity index (χ3v) is 8.89. The summed E-state index contributed by atoms with van der Waals surface area (Å²) in [6, 6.07) is 1.69. The van der Waals surface area contributed by atoms with Gasteiger partial charge in [-0.05, 0) is 90.4 Å². The van der Waals surface area contributed by atoms with E-state index in [-0.39, 0.29) is 0 Å². The second kappa shape index (κ2) is 9.28. The number of thioether (sulfide) groups is 1. The van der Waals surface area contributed by atoms with E-state index in [1.54, 1.807) is 0 Å². The highest BCUT2D eigenvalue weighted by molar-refractivity contribution is 8.00. The molecule has 25 heavy (non-hydrogen) atoms. The largest absolute Gasteiger partial charge is 0.299 e. The number of fused-ring (bicyclic) bond motifs is 2. The van der Waals surface area contributed by atoms with E-state index >= 15 is 0 Å². The van der Waals surface area contributed by atoms with Crippen molar-refractivity contribution in [3.05, 3.63) is 12.2 Å². The van der Waals surface area contributed by atoms with Gasteiger partial charge in [-0.2, -0.15) is 11.8 Å². The fourth-order valence-corrected chi connectivity index (χ4v) is 7.70. The topological polar surface area (TPSA) is 6.48 Å². The van der Waals surface area contributed by atoms with Crippen molar-refractivity contribution in [2.75, 3.05) is 26.2 Å². The predicted molar refractivity (Wildman–Crippen MR) is 110 cm³/mol. The van der Waals surface area contributed by atoms with Crippen molar-refractivity contribution in [3.63, 3.8) is 0 Å². The zero-order valence-electron chi connectivity index (χ0n) is 16.1. The van der Waals surface area contributed by atoms with Gasteiger partial charge in [-0.25, -0.2) is 0 Å². The second-order valence-electron chi connectivity index (χ2n) is 8.74. The van der Waals surface area contributed by atoms with Crippen LogP contribution in [0.5, 0.6) is 0 Å². The Bertz CT molecular complexity index is 388. The molecular weight excluding hydrogens is 324 g/mol. The fourth-order valence-electron chi connectivity index (χ4n) is 5.73. The molecule has 0 radical (unpaired) electrons. The normalized spacial score (nSPS) is 39.2. The molecule has 4 unspecified atom stereocenters. The average Bonchev–Trinajstić information content (AvgIpc) is 3.12. The summed E-state index contributed by atoms with van der Waals surface area (Å²) in [5.74, 6) is 0. The van der Waals surface area contributed by atoms with Crippen molar-refractivity contribution < 1.29 is 0 Å². The molecule has 0 aromatic rings. The van der Waals surface area contributed by atoms with Crippen LogP contribution < -0.4 is 0 Å². The van der Waals surface area contributed by atoms with Crippen LogP contribution in [0.4, 0.5) is 0 Å². The quantitative estimate of drug-likeness (QED) is 0.632. The first-order chi connectivity index (χ1) is 12.4. The van der Waals surface area contributed by atoms with E-state index in [4.69, 9.17) is 0 Å². The van der Waals surface area contributed by atoms with E-state index in [1.165, 1.54) is 103 Å². The minimum Gasteiger partial charge on any atom is -0.299 e. The van der Waals surface area contributed by atoms with Crippen molar-refractivity contribution in [1.29, 1.82) is 0 Å². The lowest BCUT2D eigenvalue weighted by Gasteiger charge is -2.39. The third kappa shape index (κ3) is 4.65. The van der Waals surface area contributed by atoms with Gasteiger partial charge in [0.2, 0.25) is 0 Å². The summed E-state index contributed by atoms with van der Waals surface area (Å²) >= 11 is 2.41. The molecule has 0 aromatic heterocycles. The van der Waals surface area contributed by atoms with Gasteiger partial charge in [-0.15, -0.1) is 0 Å². The smallest absolute Gasteiger partial charge is 0.0217 e. The number of likely N-dealkylation sites (tertiary alicyclic amines) is 2. The maximum atomic E-state index is 2.88. The van der Waals surface area contributed by atoms with Gasteiger partial charge in [-0.3, -0.25) is 9.80 Å². The second-order valence-corrected chi connectivity index (χ2v) is 10.2. The summed E-state index contributed by atoms with van der Waals surface area (Å²) in [7, 11) is 0. The number of rotatable bonds is 2. The Balaban J connectivity index is 1.47. The van der Waals surface area contributed by atoms with Gasteiger partial charge in [0.05, 0.1) is 0 Å². The summed E-state index contributed by atoms with van der Waals surface area (Å²) in [5, 5.41) is 1.81. The molecule has 2 nitrogen and oxygen atoms in total. The number of hydrogen-bond donors (Lipinski definition) is 0. The molecule has 0 amide bonds. The summed E-state index contributed by atoms with van der Waals surface area (Å²) < 4.78 is 0. The van der Waals surface area contributed by atoms with Gasteiger partial charge in [0.25, 0.3) is 0 Å². The summed E-state index contributed by atoms with van der Waals surface area (Å²) in [6.45, 7) is 5.47. The highest BCUT2D eigenvalue weighted by Gasteiger charge is 2.39. The van der Waals surface area contributed by atoms with Crippen LogP contribution in [-0.2, 0) is 0 Å². The van der Waals surface area contributed by atoms with Gasteiger partial charge in [0, 0.05) is 22.6 Å². The third-order valence-electron chi connectivity index (χ3n) is 7.09. The average molecular weight is 363 g/mol. The Labute approximate surface area is 159 Å². The Hall–Kier alpha value is 0.01000. The van der Waals surface area contributed by atoms with Gasteiger partial charge in [0.15, 0.2) is 0 Å². The summed E-state index contributed by atoms with van der Waals surface area (Å²) in [5.41, 5.74) is 0. The van der Waals surface area contributed by atoms with Crippen molar-refractivity contribution in [2.24, 2.45) is 0 Å². The number of piperidine rings is 2. The van der Waals surface area contributed by atoms with Crippen molar-refractivity contribution in [2.45, 2.75) is 99.6 Å². The minimum atomic E-state index is 0.847. The van der Waals surface area contributed by atoms with Crippen LogP contribution >= 0.6 is 11.8 Å².